The summed E-state index contributed by atoms with van der Waals surface area (Å²) in [5.74, 6) is -0.447. The Morgan fingerprint density at radius 3 is 2.47 bits per heavy atom. The number of nitrogens with zero attached hydrogens (tertiary/aromatic N) is 1. The Bertz CT molecular complexity index is 306. The summed E-state index contributed by atoms with van der Waals surface area (Å²) in [5.41, 5.74) is 0. The molecule has 1 saturated heterocycles. The zero-order valence-electron chi connectivity index (χ0n) is 12.2. The molecule has 0 bridgehead atoms. The average molecular weight is 271 g/mol. The van der Waals surface area contributed by atoms with E-state index in [4.69, 9.17) is 9.47 Å². The molecule has 0 N–H and O–H groups in total. The SMILES string of the molecule is CCOC(=O)C(CC)N1CCC[C@@H](C(=O)OCC)C1. The summed E-state index contributed by atoms with van der Waals surface area (Å²) in [6, 6.07) is -0.239. The Kier molecular flexibility index (Phi) is 6.84. The van der Waals surface area contributed by atoms with Gasteiger partial charge in [-0.25, -0.2) is 0 Å². The highest BCUT2D eigenvalue weighted by molar-refractivity contribution is 5.76. The van der Waals surface area contributed by atoms with Gasteiger partial charge < -0.3 is 9.47 Å². The molecule has 1 rings (SSSR count). The van der Waals surface area contributed by atoms with Crippen LogP contribution in [0.3, 0.4) is 0 Å². The summed E-state index contributed by atoms with van der Waals surface area (Å²) in [7, 11) is 0. The fourth-order valence-electron chi connectivity index (χ4n) is 2.55. The molecule has 1 fully saturated rings. The third-order valence-corrected chi connectivity index (χ3v) is 3.46. The molecule has 0 spiro atoms. The molecule has 1 heterocycles. The molecule has 5 heteroatoms. The zero-order valence-corrected chi connectivity index (χ0v) is 12.2. The Morgan fingerprint density at radius 2 is 1.89 bits per heavy atom. The van der Waals surface area contributed by atoms with E-state index in [-0.39, 0.29) is 23.9 Å². The average Bonchev–Trinajstić information content (AvgIpc) is 2.40. The highest BCUT2D eigenvalue weighted by Crippen LogP contribution is 2.21. The lowest BCUT2D eigenvalue weighted by Gasteiger charge is -2.35. The van der Waals surface area contributed by atoms with Crippen molar-refractivity contribution in [2.24, 2.45) is 5.92 Å². The number of carbonyl (C=O) groups excluding carboxylic acids is 2. The number of carbonyl (C=O) groups is 2. The Balaban J connectivity index is 2.61. The van der Waals surface area contributed by atoms with Gasteiger partial charge >= 0.3 is 11.9 Å². The van der Waals surface area contributed by atoms with Crippen molar-refractivity contribution in [1.29, 1.82) is 0 Å². The zero-order chi connectivity index (χ0) is 14.3. The first-order valence-corrected chi connectivity index (χ1v) is 7.21. The summed E-state index contributed by atoms with van der Waals surface area (Å²) < 4.78 is 10.2. The monoisotopic (exact) mass is 271 g/mol. The van der Waals surface area contributed by atoms with Crippen LogP contribution in [0.2, 0.25) is 0 Å². The number of ether oxygens (including phenoxy) is 2. The number of hydrogen-bond donors (Lipinski definition) is 0. The summed E-state index contributed by atoms with van der Waals surface area (Å²) in [6.45, 7) is 7.82. The summed E-state index contributed by atoms with van der Waals surface area (Å²) in [4.78, 5) is 25.7. The van der Waals surface area contributed by atoms with E-state index in [9.17, 15) is 9.59 Å². The second kappa shape index (κ2) is 8.15. The first-order valence-electron chi connectivity index (χ1n) is 7.21. The second-order valence-electron chi connectivity index (χ2n) is 4.76. The van der Waals surface area contributed by atoms with E-state index in [2.05, 4.69) is 4.90 Å². The van der Waals surface area contributed by atoms with Crippen LogP contribution in [-0.2, 0) is 19.1 Å². The number of piperidine rings is 1. The van der Waals surface area contributed by atoms with Gasteiger partial charge in [0.2, 0.25) is 0 Å². The van der Waals surface area contributed by atoms with Crippen LogP contribution in [0.1, 0.15) is 40.0 Å². The topological polar surface area (TPSA) is 55.8 Å². The van der Waals surface area contributed by atoms with Crippen LogP contribution in [0.15, 0.2) is 0 Å². The van der Waals surface area contributed by atoms with Crippen LogP contribution < -0.4 is 0 Å². The fraction of sp³-hybridized carbons (Fsp3) is 0.857. The van der Waals surface area contributed by atoms with Gasteiger partial charge in [0.1, 0.15) is 6.04 Å². The Hall–Kier alpha value is -1.10. The van der Waals surface area contributed by atoms with Gasteiger partial charge in [-0.15, -0.1) is 0 Å². The molecule has 1 aliphatic rings. The molecule has 0 amide bonds. The van der Waals surface area contributed by atoms with Crippen LogP contribution >= 0.6 is 0 Å². The minimum absolute atomic E-state index is 0.114. The predicted molar refractivity (Wildman–Crippen MR) is 71.6 cm³/mol. The molecule has 0 aromatic carbocycles. The van der Waals surface area contributed by atoms with Gasteiger partial charge in [-0.1, -0.05) is 6.92 Å². The van der Waals surface area contributed by atoms with Crippen molar-refractivity contribution < 1.29 is 19.1 Å². The number of esters is 2. The number of likely N-dealkylation sites (tertiary alicyclic amines) is 1. The van der Waals surface area contributed by atoms with E-state index in [1.54, 1.807) is 0 Å². The van der Waals surface area contributed by atoms with Crippen LogP contribution in [0.4, 0.5) is 0 Å². The molecule has 0 saturated carbocycles. The van der Waals surface area contributed by atoms with Crippen molar-refractivity contribution in [1.82, 2.24) is 4.90 Å². The van der Waals surface area contributed by atoms with E-state index < -0.39 is 0 Å². The summed E-state index contributed by atoms with van der Waals surface area (Å²) in [6.07, 6.45) is 2.46. The van der Waals surface area contributed by atoms with Crippen LogP contribution in [0.5, 0.6) is 0 Å². The molecular weight excluding hydrogens is 246 g/mol. The maximum absolute atomic E-state index is 11.9. The molecule has 2 atom stereocenters. The van der Waals surface area contributed by atoms with Gasteiger partial charge in [-0.2, -0.15) is 0 Å². The van der Waals surface area contributed by atoms with Gasteiger partial charge in [0, 0.05) is 6.54 Å². The lowest BCUT2D eigenvalue weighted by Crippen LogP contribution is -2.48. The molecule has 0 aromatic rings. The van der Waals surface area contributed by atoms with Crippen LogP contribution in [0, 0.1) is 5.92 Å². The fourth-order valence-corrected chi connectivity index (χ4v) is 2.55. The quantitative estimate of drug-likeness (QED) is 0.687. The molecule has 0 radical (unpaired) electrons. The largest absolute Gasteiger partial charge is 0.466 e. The lowest BCUT2D eigenvalue weighted by atomic mass is 9.96. The molecular formula is C14H25NO4. The molecule has 5 nitrogen and oxygen atoms in total. The maximum atomic E-state index is 11.9. The van der Waals surface area contributed by atoms with Crippen molar-refractivity contribution in [3.8, 4) is 0 Å². The second-order valence-corrected chi connectivity index (χ2v) is 4.76. The molecule has 1 unspecified atom stereocenters. The Labute approximate surface area is 115 Å². The highest BCUT2D eigenvalue weighted by atomic mass is 16.5. The van der Waals surface area contributed by atoms with Gasteiger partial charge in [-0.3, -0.25) is 14.5 Å². The van der Waals surface area contributed by atoms with Gasteiger partial charge in [0.05, 0.1) is 19.1 Å². The van der Waals surface area contributed by atoms with Crippen molar-refractivity contribution in [3.63, 3.8) is 0 Å². The number of hydrogen-bond acceptors (Lipinski definition) is 5. The summed E-state index contributed by atoms with van der Waals surface area (Å²) >= 11 is 0. The smallest absolute Gasteiger partial charge is 0.323 e. The minimum Gasteiger partial charge on any atom is -0.466 e. The van der Waals surface area contributed by atoms with Crippen LogP contribution in [-0.4, -0.2) is 49.2 Å². The minimum atomic E-state index is -0.239. The molecule has 19 heavy (non-hydrogen) atoms. The third-order valence-electron chi connectivity index (χ3n) is 3.46. The lowest BCUT2D eigenvalue weighted by molar-refractivity contribution is -0.155. The van der Waals surface area contributed by atoms with Crippen molar-refractivity contribution in [2.45, 2.75) is 46.1 Å². The third kappa shape index (κ3) is 4.49. The normalized spacial score (nSPS) is 21.7. The van der Waals surface area contributed by atoms with Crippen LogP contribution in [0.25, 0.3) is 0 Å². The van der Waals surface area contributed by atoms with Gasteiger partial charge in [-0.05, 0) is 39.7 Å². The van der Waals surface area contributed by atoms with Crippen molar-refractivity contribution >= 4 is 11.9 Å². The van der Waals surface area contributed by atoms with Gasteiger partial charge in [0.15, 0.2) is 0 Å². The molecule has 0 aliphatic carbocycles. The Morgan fingerprint density at radius 1 is 1.21 bits per heavy atom. The molecule has 110 valence electrons. The molecule has 1 aliphatic heterocycles. The highest BCUT2D eigenvalue weighted by Gasteiger charge is 2.33. The first-order chi connectivity index (χ1) is 9.13. The van der Waals surface area contributed by atoms with Crippen molar-refractivity contribution in [3.05, 3.63) is 0 Å². The number of rotatable bonds is 6. The van der Waals surface area contributed by atoms with Crippen molar-refractivity contribution in [2.75, 3.05) is 26.3 Å². The first kappa shape index (κ1) is 16.0. The molecule has 0 aromatic heterocycles. The van der Waals surface area contributed by atoms with E-state index in [1.165, 1.54) is 0 Å². The van der Waals surface area contributed by atoms with E-state index in [1.807, 2.05) is 20.8 Å². The standard InChI is InChI=1S/C14H25NO4/c1-4-12(14(17)19-6-3)15-9-7-8-11(10-15)13(16)18-5-2/h11-12H,4-10H2,1-3H3/t11-,12?/m1/s1. The van der Waals surface area contributed by atoms with Gasteiger partial charge in [0.25, 0.3) is 0 Å². The van der Waals surface area contributed by atoms with E-state index >= 15 is 0 Å². The summed E-state index contributed by atoms with van der Waals surface area (Å²) in [5, 5.41) is 0. The van der Waals surface area contributed by atoms with E-state index in [0.717, 1.165) is 19.4 Å². The van der Waals surface area contributed by atoms with E-state index in [0.29, 0.717) is 26.2 Å². The predicted octanol–water partition coefficient (Wildman–Crippen LogP) is 1.60. The maximum Gasteiger partial charge on any atom is 0.323 e.